The van der Waals surface area contributed by atoms with Crippen LogP contribution < -0.4 is 5.11 Å². The summed E-state index contributed by atoms with van der Waals surface area (Å²) >= 11 is 0. The van der Waals surface area contributed by atoms with Gasteiger partial charge in [-0.15, -0.1) is 0 Å². The summed E-state index contributed by atoms with van der Waals surface area (Å²) in [4.78, 5) is 0. The minimum atomic E-state index is -0.517. The Kier molecular flexibility index (Phi) is 4.30. The van der Waals surface area contributed by atoms with Crippen molar-refractivity contribution in [1.82, 2.24) is 0 Å². The van der Waals surface area contributed by atoms with Crippen molar-refractivity contribution >= 4 is 6.21 Å². The van der Waals surface area contributed by atoms with Crippen LogP contribution in [0.4, 0.5) is 0 Å². The fourth-order valence-electron chi connectivity index (χ4n) is 0.971. The molecule has 0 aliphatic heterocycles. The molecule has 0 bridgehead atoms. The number of hydrogen-bond acceptors (Lipinski definition) is 2. The van der Waals surface area contributed by atoms with E-state index in [2.05, 4.69) is 0 Å². The van der Waals surface area contributed by atoms with Crippen molar-refractivity contribution in [3.05, 3.63) is 0 Å². The molecule has 0 aromatic heterocycles. The average Bonchev–Trinajstić information content (AvgIpc) is 1.79. The first-order chi connectivity index (χ1) is 4.95. The van der Waals surface area contributed by atoms with Crippen LogP contribution in [0.1, 0.15) is 12.8 Å². The fraction of sp³-hybridized carbons (Fsp3) is 0.875. The summed E-state index contributed by atoms with van der Waals surface area (Å²) < 4.78 is 0.714. The van der Waals surface area contributed by atoms with Gasteiger partial charge in [0.05, 0.1) is 27.7 Å². The monoisotopic (exact) mass is 158 g/mol. The van der Waals surface area contributed by atoms with E-state index in [-0.39, 0.29) is 0 Å². The zero-order valence-corrected chi connectivity index (χ0v) is 7.63. The summed E-state index contributed by atoms with van der Waals surface area (Å²) in [6.45, 7) is 0.647. The highest BCUT2D eigenvalue weighted by molar-refractivity contribution is 5.52. The minimum Gasteiger partial charge on any atom is -0.848 e. The van der Waals surface area contributed by atoms with Crippen LogP contribution in [0, 0.1) is 5.41 Å². The molecular formula is C8H18N2O. The fourth-order valence-corrected chi connectivity index (χ4v) is 0.971. The molecule has 0 radical (unpaired) electrons. The van der Waals surface area contributed by atoms with Gasteiger partial charge in [0.1, 0.15) is 0 Å². The highest BCUT2D eigenvalue weighted by Crippen LogP contribution is 1.97. The summed E-state index contributed by atoms with van der Waals surface area (Å²) in [6, 6.07) is 0. The SMILES string of the molecule is C[N+](C)(C)C[C@H]([O-])CCC=N. The van der Waals surface area contributed by atoms with Crippen molar-refractivity contribution in [2.24, 2.45) is 0 Å². The maximum absolute atomic E-state index is 11.2. The van der Waals surface area contributed by atoms with E-state index in [4.69, 9.17) is 5.41 Å². The number of nitrogens with zero attached hydrogens (tertiary/aromatic N) is 1. The molecule has 0 fully saturated rings. The number of rotatable bonds is 5. The first kappa shape index (κ1) is 10.6. The van der Waals surface area contributed by atoms with Gasteiger partial charge in [-0.1, -0.05) is 12.5 Å². The normalized spacial score (nSPS) is 14.5. The molecule has 3 heteroatoms. The Morgan fingerprint density at radius 3 is 2.36 bits per heavy atom. The van der Waals surface area contributed by atoms with Crippen LogP contribution in [-0.4, -0.2) is 44.5 Å². The standard InChI is InChI=1S/C8H18N2O/c1-10(2,3)7-8(11)5-4-6-9/h6,8-9H,4-5,7H2,1-3H3/t8-/m1/s1. The van der Waals surface area contributed by atoms with Crippen molar-refractivity contribution < 1.29 is 9.59 Å². The highest BCUT2D eigenvalue weighted by Gasteiger charge is 2.07. The first-order valence-electron chi connectivity index (χ1n) is 3.91. The van der Waals surface area contributed by atoms with E-state index in [0.29, 0.717) is 23.9 Å². The van der Waals surface area contributed by atoms with Crippen molar-refractivity contribution in [2.45, 2.75) is 18.9 Å². The van der Waals surface area contributed by atoms with Gasteiger partial charge in [0, 0.05) is 0 Å². The molecule has 66 valence electrons. The van der Waals surface area contributed by atoms with Crippen LogP contribution in [0.15, 0.2) is 0 Å². The van der Waals surface area contributed by atoms with Crippen LogP contribution in [0.3, 0.4) is 0 Å². The quantitative estimate of drug-likeness (QED) is 0.439. The molecular weight excluding hydrogens is 140 g/mol. The van der Waals surface area contributed by atoms with Crippen molar-refractivity contribution in [3.63, 3.8) is 0 Å². The minimum absolute atomic E-state index is 0.517. The van der Waals surface area contributed by atoms with Crippen molar-refractivity contribution in [3.8, 4) is 0 Å². The van der Waals surface area contributed by atoms with E-state index < -0.39 is 6.10 Å². The molecule has 0 spiro atoms. The number of likely N-dealkylation sites (N-methyl/N-ethyl adjacent to an activating group) is 1. The maximum Gasteiger partial charge on any atom is 0.0676 e. The Balaban J connectivity index is 3.51. The summed E-state index contributed by atoms with van der Waals surface area (Å²) in [5.41, 5.74) is 0. The molecule has 0 saturated carbocycles. The third-order valence-electron chi connectivity index (χ3n) is 1.38. The maximum atomic E-state index is 11.2. The van der Waals surface area contributed by atoms with Crippen LogP contribution in [0.25, 0.3) is 0 Å². The summed E-state index contributed by atoms with van der Waals surface area (Å²) in [6.07, 6.45) is 2.00. The molecule has 11 heavy (non-hydrogen) atoms. The van der Waals surface area contributed by atoms with Crippen LogP contribution >= 0.6 is 0 Å². The molecule has 0 heterocycles. The zero-order valence-electron chi connectivity index (χ0n) is 7.63. The van der Waals surface area contributed by atoms with E-state index in [9.17, 15) is 5.11 Å². The third-order valence-corrected chi connectivity index (χ3v) is 1.38. The smallest absolute Gasteiger partial charge is 0.0676 e. The number of quaternary nitrogens is 1. The number of nitrogens with one attached hydrogen (secondary N) is 1. The molecule has 0 amide bonds. The molecule has 1 atom stereocenters. The predicted molar refractivity (Wildman–Crippen MR) is 44.7 cm³/mol. The second-order valence-corrected chi connectivity index (χ2v) is 3.88. The van der Waals surface area contributed by atoms with Gasteiger partial charge in [0.2, 0.25) is 0 Å². The lowest BCUT2D eigenvalue weighted by Crippen LogP contribution is -2.46. The molecule has 0 aromatic carbocycles. The molecule has 0 unspecified atom stereocenters. The third kappa shape index (κ3) is 7.49. The van der Waals surface area contributed by atoms with E-state index in [1.807, 2.05) is 21.1 Å². The van der Waals surface area contributed by atoms with Crippen molar-refractivity contribution in [2.75, 3.05) is 27.7 Å². The van der Waals surface area contributed by atoms with Gasteiger partial charge < -0.3 is 15.0 Å². The molecule has 0 rings (SSSR count). The summed E-state index contributed by atoms with van der Waals surface area (Å²) in [5, 5.41) is 17.9. The van der Waals surface area contributed by atoms with Crippen LogP contribution in [0.2, 0.25) is 0 Å². The summed E-state index contributed by atoms with van der Waals surface area (Å²) in [7, 11) is 6.03. The Morgan fingerprint density at radius 1 is 1.45 bits per heavy atom. The number of hydrogen-bond donors (Lipinski definition) is 1. The largest absolute Gasteiger partial charge is 0.848 e. The van der Waals surface area contributed by atoms with Gasteiger partial charge in [-0.05, 0) is 12.6 Å². The van der Waals surface area contributed by atoms with E-state index in [1.54, 1.807) is 0 Å². The highest BCUT2D eigenvalue weighted by atomic mass is 16.3. The van der Waals surface area contributed by atoms with Crippen LogP contribution in [0.5, 0.6) is 0 Å². The van der Waals surface area contributed by atoms with Crippen LogP contribution in [-0.2, 0) is 0 Å². The predicted octanol–water partition coefficient (Wildman–Crippen LogP) is -0.149. The second kappa shape index (κ2) is 4.46. The van der Waals surface area contributed by atoms with Crippen molar-refractivity contribution in [1.29, 1.82) is 5.41 Å². The van der Waals surface area contributed by atoms with E-state index >= 15 is 0 Å². The topological polar surface area (TPSA) is 46.9 Å². The lowest BCUT2D eigenvalue weighted by Gasteiger charge is -2.32. The van der Waals surface area contributed by atoms with Gasteiger partial charge in [-0.25, -0.2) is 0 Å². The van der Waals surface area contributed by atoms with Gasteiger partial charge in [0.25, 0.3) is 0 Å². The van der Waals surface area contributed by atoms with E-state index in [0.717, 1.165) is 0 Å². The molecule has 0 aliphatic carbocycles. The van der Waals surface area contributed by atoms with Gasteiger partial charge >= 0.3 is 0 Å². The Hall–Kier alpha value is -0.410. The molecule has 0 aromatic rings. The first-order valence-corrected chi connectivity index (χ1v) is 3.91. The molecule has 3 nitrogen and oxygen atoms in total. The molecule has 0 saturated heterocycles. The molecule has 0 aliphatic rings. The van der Waals surface area contributed by atoms with Gasteiger partial charge in [0.15, 0.2) is 0 Å². The zero-order chi connectivity index (χ0) is 8.91. The Morgan fingerprint density at radius 2 is 2.00 bits per heavy atom. The van der Waals surface area contributed by atoms with Gasteiger partial charge in [-0.2, -0.15) is 0 Å². The van der Waals surface area contributed by atoms with E-state index in [1.165, 1.54) is 6.21 Å². The Bertz CT molecular complexity index is 118. The van der Waals surface area contributed by atoms with Gasteiger partial charge in [-0.3, -0.25) is 0 Å². The lowest BCUT2D eigenvalue weighted by molar-refractivity contribution is -0.880. The summed E-state index contributed by atoms with van der Waals surface area (Å²) in [5.74, 6) is 0. The second-order valence-electron chi connectivity index (χ2n) is 3.88. The Labute approximate surface area is 68.7 Å². The average molecular weight is 158 g/mol. The lowest BCUT2D eigenvalue weighted by atomic mass is 10.2. The molecule has 1 N–H and O–H groups in total.